The molecule has 1 heterocycles. The lowest BCUT2D eigenvalue weighted by Crippen LogP contribution is -2.27. The van der Waals surface area contributed by atoms with Crippen molar-refractivity contribution in [3.63, 3.8) is 0 Å². The van der Waals surface area contributed by atoms with Gasteiger partial charge in [0.15, 0.2) is 5.78 Å². The second-order valence-corrected chi connectivity index (χ2v) is 6.34. The molecule has 1 aromatic carbocycles. The number of carbonyl (C=O) groups excluding carboxylic acids is 1. The number of hydrogen-bond acceptors (Lipinski definition) is 4. The summed E-state index contributed by atoms with van der Waals surface area (Å²) in [6.07, 6.45) is -0.0147. The molecule has 1 aliphatic heterocycles. The summed E-state index contributed by atoms with van der Waals surface area (Å²) in [5, 5.41) is 0. The van der Waals surface area contributed by atoms with Crippen molar-refractivity contribution in [3.8, 4) is 11.5 Å². The van der Waals surface area contributed by atoms with Crippen LogP contribution in [0.3, 0.4) is 0 Å². The predicted molar refractivity (Wildman–Crippen MR) is 84.2 cm³/mol. The number of rotatable bonds is 4. The van der Waals surface area contributed by atoms with Gasteiger partial charge in [-0.3, -0.25) is 4.79 Å². The van der Waals surface area contributed by atoms with E-state index < -0.39 is 0 Å². The highest BCUT2D eigenvalue weighted by Crippen LogP contribution is 2.39. The highest BCUT2D eigenvalue weighted by Gasteiger charge is 2.42. The van der Waals surface area contributed by atoms with Crippen LogP contribution in [0, 0.1) is 11.8 Å². The van der Waals surface area contributed by atoms with Crippen LogP contribution >= 0.6 is 15.9 Å². The Morgan fingerprint density at radius 1 is 1.10 bits per heavy atom. The van der Waals surface area contributed by atoms with E-state index in [-0.39, 0.29) is 29.8 Å². The molecule has 116 valence electrons. The molecule has 21 heavy (non-hydrogen) atoms. The van der Waals surface area contributed by atoms with Gasteiger partial charge >= 0.3 is 0 Å². The van der Waals surface area contributed by atoms with Crippen LogP contribution in [0.25, 0.3) is 0 Å². The second-order valence-electron chi connectivity index (χ2n) is 5.48. The average molecular weight is 357 g/mol. The van der Waals surface area contributed by atoms with E-state index in [1.165, 1.54) is 0 Å². The summed E-state index contributed by atoms with van der Waals surface area (Å²) >= 11 is 3.41. The van der Waals surface area contributed by atoms with Gasteiger partial charge in [0.25, 0.3) is 0 Å². The molecule has 4 atom stereocenters. The molecule has 0 amide bonds. The van der Waals surface area contributed by atoms with E-state index in [0.29, 0.717) is 17.1 Å². The summed E-state index contributed by atoms with van der Waals surface area (Å²) in [4.78, 5) is 12.9. The molecule has 0 bridgehead atoms. The number of methoxy groups -OCH3 is 2. The maximum atomic E-state index is 12.9. The van der Waals surface area contributed by atoms with Gasteiger partial charge in [-0.1, -0.05) is 6.92 Å². The predicted octanol–water partition coefficient (Wildman–Crippen LogP) is 3.71. The van der Waals surface area contributed by atoms with Gasteiger partial charge in [-0.25, -0.2) is 0 Å². The van der Waals surface area contributed by atoms with Crippen LogP contribution in [0.2, 0.25) is 0 Å². The molecule has 2 rings (SSSR count). The van der Waals surface area contributed by atoms with E-state index in [1.54, 1.807) is 26.4 Å². The minimum absolute atomic E-state index is 0.0435. The van der Waals surface area contributed by atoms with Gasteiger partial charge in [-0.05, 0) is 47.8 Å². The third-order valence-electron chi connectivity index (χ3n) is 4.28. The van der Waals surface area contributed by atoms with Gasteiger partial charge in [-0.2, -0.15) is 0 Å². The number of Topliss-reactive ketones (excluding diaryl/α,β-unsaturated/α-hetero) is 1. The molecule has 5 heteroatoms. The lowest BCUT2D eigenvalue weighted by Gasteiger charge is -2.19. The molecule has 0 radical (unpaired) electrons. The van der Waals surface area contributed by atoms with Crippen molar-refractivity contribution in [1.82, 2.24) is 0 Å². The van der Waals surface area contributed by atoms with Crippen molar-refractivity contribution in [2.75, 3.05) is 14.2 Å². The Morgan fingerprint density at radius 3 is 2.19 bits per heavy atom. The second kappa shape index (κ2) is 6.36. The molecule has 0 aromatic heterocycles. The van der Waals surface area contributed by atoms with E-state index in [4.69, 9.17) is 14.2 Å². The van der Waals surface area contributed by atoms with Crippen molar-refractivity contribution in [1.29, 1.82) is 0 Å². The maximum absolute atomic E-state index is 12.9. The zero-order valence-electron chi connectivity index (χ0n) is 13.0. The molecular formula is C16H21BrO4. The topological polar surface area (TPSA) is 44.8 Å². The quantitative estimate of drug-likeness (QED) is 0.771. The molecule has 1 fully saturated rings. The van der Waals surface area contributed by atoms with Gasteiger partial charge < -0.3 is 14.2 Å². The molecule has 4 unspecified atom stereocenters. The minimum Gasteiger partial charge on any atom is -0.496 e. The van der Waals surface area contributed by atoms with Crippen LogP contribution in [0.15, 0.2) is 16.6 Å². The standard InChI is InChI=1S/C16H21BrO4/c1-8-9(2)21-10(3)15(8)16(18)11-6-14(20-5)12(17)7-13(11)19-4/h6-10,15H,1-5H3. The molecule has 0 N–H and O–H groups in total. The molecule has 0 saturated carbocycles. The van der Waals surface area contributed by atoms with E-state index in [1.807, 2.05) is 13.8 Å². The van der Waals surface area contributed by atoms with Crippen molar-refractivity contribution in [2.45, 2.75) is 33.0 Å². The number of ketones is 1. The maximum Gasteiger partial charge on any atom is 0.172 e. The summed E-state index contributed by atoms with van der Waals surface area (Å²) in [7, 11) is 3.14. The number of carbonyl (C=O) groups is 1. The first-order chi connectivity index (χ1) is 9.90. The van der Waals surface area contributed by atoms with E-state index >= 15 is 0 Å². The first-order valence-electron chi connectivity index (χ1n) is 7.01. The van der Waals surface area contributed by atoms with Crippen LogP contribution in [0.1, 0.15) is 31.1 Å². The SMILES string of the molecule is COc1cc(C(=O)C2C(C)OC(C)C2C)c(OC)cc1Br. The smallest absolute Gasteiger partial charge is 0.172 e. The normalized spacial score (nSPS) is 28.5. The van der Waals surface area contributed by atoms with Crippen molar-refractivity contribution >= 4 is 21.7 Å². The van der Waals surface area contributed by atoms with E-state index in [2.05, 4.69) is 22.9 Å². The fourth-order valence-electron chi connectivity index (χ4n) is 2.95. The molecule has 1 saturated heterocycles. The fourth-order valence-corrected chi connectivity index (χ4v) is 3.44. The Labute approximate surface area is 133 Å². The molecule has 1 aromatic rings. The minimum atomic E-state index is -0.167. The summed E-state index contributed by atoms with van der Waals surface area (Å²) in [6.45, 7) is 6.01. The zero-order valence-corrected chi connectivity index (χ0v) is 14.6. The highest BCUT2D eigenvalue weighted by molar-refractivity contribution is 9.10. The summed E-state index contributed by atoms with van der Waals surface area (Å²) in [6, 6.07) is 3.49. The molecule has 4 nitrogen and oxygen atoms in total. The summed E-state index contributed by atoms with van der Waals surface area (Å²) < 4.78 is 17.2. The van der Waals surface area contributed by atoms with E-state index in [9.17, 15) is 4.79 Å². The third kappa shape index (κ3) is 2.94. The van der Waals surface area contributed by atoms with Crippen LogP contribution in [0.5, 0.6) is 11.5 Å². The Kier molecular flexibility index (Phi) is 4.94. The van der Waals surface area contributed by atoms with Crippen molar-refractivity contribution < 1.29 is 19.0 Å². The Hall–Kier alpha value is -1.07. The number of hydrogen-bond donors (Lipinski definition) is 0. The van der Waals surface area contributed by atoms with Gasteiger partial charge in [0, 0.05) is 0 Å². The third-order valence-corrected chi connectivity index (χ3v) is 4.90. The largest absolute Gasteiger partial charge is 0.496 e. The summed E-state index contributed by atoms with van der Waals surface area (Å²) in [5.74, 6) is 1.21. The first kappa shape index (κ1) is 16.3. The monoisotopic (exact) mass is 356 g/mol. The van der Waals surface area contributed by atoms with E-state index in [0.717, 1.165) is 4.47 Å². The van der Waals surface area contributed by atoms with Crippen LogP contribution < -0.4 is 9.47 Å². The number of halogens is 1. The highest BCUT2D eigenvalue weighted by atomic mass is 79.9. The first-order valence-corrected chi connectivity index (χ1v) is 7.81. The van der Waals surface area contributed by atoms with Gasteiger partial charge in [-0.15, -0.1) is 0 Å². The van der Waals surface area contributed by atoms with Crippen LogP contribution in [-0.2, 0) is 4.74 Å². The van der Waals surface area contributed by atoms with Gasteiger partial charge in [0.2, 0.25) is 0 Å². The molecule has 0 spiro atoms. The van der Waals surface area contributed by atoms with Crippen LogP contribution in [0.4, 0.5) is 0 Å². The lowest BCUT2D eigenvalue weighted by molar-refractivity contribution is 0.0490. The molecule has 1 aliphatic rings. The van der Waals surface area contributed by atoms with Crippen molar-refractivity contribution in [3.05, 3.63) is 22.2 Å². The van der Waals surface area contributed by atoms with Crippen LogP contribution in [-0.4, -0.2) is 32.2 Å². The molecule has 0 aliphatic carbocycles. The fraction of sp³-hybridized carbons (Fsp3) is 0.562. The van der Waals surface area contributed by atoms with Crippen molar-refractivity contribution in [2.24, 2.45) is 11.8 Å². The Morgan fingerprint density at radius 2 is 1.71 bits per heavy atom. The number of benzene rings is 1. The van der Waals surface area contributed by atoms with Gasteiger partial charge in [0.1, 0.15) is 11.5 Å². The Balaban J connectivity index is 2.43. The Bertz CT molecular complexity index is 543. The molecular weight excluding hydrogens is 336 g/mol. The zero-order chi connectivity index (χ0) is 15.7. The average Bonchev–Trinajstić information content (AvgIpc) is 2.71. The summed E-state index contributed by atoms with van der Waals surface area (Å²) in [5.41, 5.74) is 0.541. The lowest BCUT2D eigenvalue weighted by atomic mass is 9.83. The number of ether oxygens (including phenoxy) is 3. The van der Waals surface area contributed by atoms with Gasteiger partial charge in [0.05, 0.1) is 42.4 Å².